The van der Waals surface area contributed by atoms with E-state index in [4.69, 9.17) is 4.74 Å². The lowest BCUT2D eigenvalue weighted by molar-refractivity contribution is -0.149. The van der Waals surface area contributed by atoms with Crippen molar-refractivity contribution in [2.24, 2.45) is 11.8 Å². The minimum atomic E-state index is -0.0765. The molecule has 2 atom stereocenters. The lowest BCUT2D eigenvalue weighted by Crippen LogP contribution is -2.18. The lowest BCUT2D eigenvalue weighted by atomic mass is 10.0. The standard InChI is InChI=1S/C15H22O2/c1-4-13(3)15(16)17-11-12(2)10-14-8-6-5-7-9-14/h5-9,12-13H,4,10-11H2,1-3H3. The first-order chi connectivity index (χ1) is 8.13. The van der Waals surface area contributed by atoms with Crippen molar-refractivity contribution in [3.63, 3.8) is 0 Å². The van der Waals surface area contributed by atoms with Crippen LogP contribution in [0.4, 0.5) is 0 Å². The number of carbonyl (C=O) groups excluding carboxylic acids is 1. The van der Waals surface area contributed by atoms with Crippen LogP contribution in [0.3, 0.4) is 0 Å². The van der Waals surface area contributed by atoms with Gasteiger partial charge in [-0.05, 0) is 24.3 Å². The maximum atomic E-state index is 11.5. The van der Waals surface area contributed by atoms with Crippen molar-refractivity contribution in [1.29, 1.82) is 0 Å². The van der Waals surface area contributed by atoms with Crippen molar-refractivity contribution < 1.29 is 9.53 Å². The number of ether oxygens (including phenoxy) is 1. The molecule has 0 saturated heterocycles. The van der Waals surface area contributed by atoms with Crippen LogP contribution in [0.25, 0.3) is 0 Å². The Morgan fingerprint density at radius 1 is 1.24 bits per heavy atom. The summed E-state index contributed by atoms with van der Waals surface area (Å²) < 4.78 is 5.29. The fourth-order valence-electron chi connectivity index (χ4n) is 1.61. The molecular weight excluding hydrogens is 212 g/mol. The molecule has 1 rings (SSSR count). The van der Waals surface area contributed by atoms with Gasteiger partial charge in [-0.25, -0.2) is 0 Å². The first-order valence-electron chi connectivity index (χ1n) is 6.34. The van der Waals surface area contributed by atoms with Crippen molar-refractivity contribution in [3.8, 4) is 0 Å². The molecule has 94 valence electrons. The van der Waals surface area contributed by atoms with Gasteiger partial charge in [0.25, 0.3) is 0 Å². The van der Waals surface area contributed by atoms with Crippen LogP contribution in [-0.4, -0.2) is 12.6 Å². The molecule has 17 heavy (non-hydrogen) atoms. The molecule has 0 amide bonds. The number of rotatable bonds is 6. The normalized spacial score (nSPS) is 14.1. The molecule has 2 unspecified atom stereocenters. The third-order valence-electron chi connectivity index (χ3n) is 2.95. The zero-order chi connectivity index (χ0) is 12.7. The molecular formula is C15H22O2. The SMILES string of the molecule is CCC(C)C(=O)OCC(C)Cc1ccccc1. The highest BCUT2D eigenvalue weighted by atomic mass is 16.5. The summed E-state index contributed by atoms with van der Waals surface area (Å²) in [7, 11) is 0. The number of hydrogen-bond acceptors (Lipinski definition) is 2. The van der Waals surface area contributed by atoms with Crippen molar-refractivity contribution in [1.82, 2.24) is 0 Å². The zero-order valence-corrected chi connectivity index (χ0v) is 11.0. The van der Waals surface area contributed by atoms with Crippen LogP contribution in [0.2, 0.25) is 0 Å². The van der Waals surface area contributed by atoms with Crippen LogP contribution in [-0.2, 0) is 16.0 Å². The van der Waals surface area contributed by atoms with E-state index in [1.54, 1.807) is 0 Å². The molecule has 0 aliphatic carbocycles. The number of carbonyl (C=O) groups is 1. The largest absolute Gasteiger partial charge is 0.465 e. The summed E-state index contributed by atoms with van der Waals surface area (Å²) in [6.07, 6.45) is 1.79. The second kappa shape index (κ2) is 7.10. The number of benzene rings is 1. The minimum Gasteiger partial charge on any atom is -0.465 e. The van der Waals surface area contributed by atoms with Gasteiger partial charge in [0.15, 0.2) is 0 Å². The van der Waals surface area contributed by atoms with Crippen molar-refractivity contribution in [2.45, 2.75) is 33.6 Å². The van der Waals surface area contributed by atoms with Crippen LogP contribution in [0.15, 0.2) is 30.3 Å². The lowest BCUT2D eigenvalue weighted by Gasteiger charge is -2.14. The van der Waals surface area contributed by atoms with Crippen LogP contribution in [0.1, 0.15) is 32.8 Å². The molecule has 0 aromatic heterocycles. The second-order valence-corrected chi connectivity index (χ2v) is 4.73. The molecule has 2 nitrogen and oxygen atoms in total. The molecule has 0 spiro atoms. The first-order valence-corrected chi connectivity index (χ1v) is 6.34. The number of hydrogen-bond donors (Lipinski definition) is 0. The summed E-state index contributed by atoms with van der Waals surface area (Å²) in [5, 5.41) is 0. The summed E-state index contributed by atoms with van der Waals surface area (Å²) in [6, 6.07) is 10.3. The molecule has 0 saturated carbocycles. The van der Waals surface area contributed by atoms with E-state index in [2.05, 4.69) is 19.1 Å². The predicted molar refractivity (Wildman–Crippen MR) is 69.7 cm³/mol. The van der Waals surface area contributed by atoms with Gasteiger partial charge in [0.05, 0.1) is 12.5 Å². The zero-order valence-electron chi connectivity index (χ0n) is 11.0. The Morgan fingerprint density at radius 2 is 1.88 bits per heavy atom. The highest BCUT2D eigenvalue weighted by molar-refractivity contribution is 5.71. The van der Waals surface area contributed by atoms with E-state index >= 15 is 0 Å². The molecule has 0 heterocycles. The van der Waals surface area contributed by atoms with Gasteiger partial charge in [-0.3, -0.25) is 4.79 Å². The maximum absolute atomic E-state index is 11.5. The Labute approximate surface area is 104 Å². The maximum Gasteiger partial charge on any atom is 0.308 e. The van der Waals surface area contributed by atoms with E-state index in [0.29, 0.717) is 12.5 Å². The van der Waals surface area contributed by atoms with E-state index in [0.717, 1.165) is 12.8 Å². The molecule has 0 aliphatic rings. The van der Waals surface area contributed by atoms with Gasteiger partial charge < -0.3 is 4.74 Å². The van der Waals surface area contributed by atoms with E-state index in [-0.39, 0.29) is 11.9 Å². The van der Waals surface area contributed by atoms with Gasteiger partial charge in [0, 0.05) is 0 Å². The second-order valence-electron chi connectivity index (χ2n) is 4.73. The van der Waals surface area contributed by atoms with Gasteiger partial charge in [0.1, 0.15) is 0 Å². The third-order valence-corrected chi connectivity index (χ3v) is 2.95. The van der Waals surface area contributed by atoms with Gasteiger partial charge in [-0.2, -0.15) is 0 Å². The summed E-state index contributed by atoms with van der Waals surface area (Å²) >= 11 is 0. The van der Waals surface area contributed by atoms with E-state index in [9.17, 15) is 4.79 Å². The van der Waals surface area contributed by atoms with Crippen molar-refractivity contribution in [2.75, 3.05) is 6.61 Å². The Kier molecular flexibility index (Phi) is 5.75. The fourth-order valence-corrected chi connectivity index (χ4v) is 1.61. The van der Waals surface area contributed by atoms with Crippen molar-refractivity contribution in [3.05, 3.63) is 35.9 Å². The average Bonchev–Trinajstić information content (AvgIpc) is 2.36. The highest BCUT2D eigenvalue weighted by Crippen LogP contribution is 2.10. The van der Waals surface area contributed by atoms with Gasteiger partial charge in [0.2, 0.25) is 0 Å². The average molecular weight is 234 g/mol. The predicted octanol–water partition coefficient (Wildman–Crippen LogP) is 3.45. The fraction of sp³-hybridized carbons (Fsp3) is 0.533. The number of esters is 1. The Morgan fingerprint density at radius 3 is 2.47 bits per heavy atom. The first kappa shape index (κ1) is 13.8. The summed E-state index contributed by atoms with van der Waals surface area (Å²) in [6.45, 7) is 6.53. The molecule has 0 fully saturated rings. The van der Waals surface area contributed by atoms with Gasteiger partial charge in [-0.1, -0.05) is 51.1 Å². The smallest absolute Gasteiger partial charge is 0.308 e. The summed E-state index contributed by atoms with van der Waals surface area (Å²) in [5.74, 6) is 0.303. The highest BCUT2D eigenvalue weighted by Gasteiger charge is 2.13. The van der Waals surface area contributed by atoms with Gasteiger partial charge >= 0.3 is 5.97 Å². The molecule has 0 N–H and O–H groups in total. The molecule has 2 heteroatoms. The van der Waals surface area contributed by atoms with E-state index in [1.165, 1.54) is 5.56 Å². The monoisotopic (exact) mass is 234 g/mol. The summed E-state index contributed by atoms with van der Waals surface area (Å²) in [5.41, 5.74) is 1.29. The minimum absolute atomic E-state index is 0.0129. The Bertz CT molecular complexity index is 332. The Hall–Kier alpha value is -1.31. The van der Waals surface area contributed by atoms with E-state index < -0.39 is 0 Å². The van der Waals surface area contributed by atoms with Crippen molar-refractivity contribution >= 4 is 5.97 Å². The summed E-state index contributed by atoms with van der Waals surface area (Å²) in [4.78, 5) is 11.5. The molecule has 0 aliphatic heterocycles. The van der Waals surface area contributed by atoms with E-state index in [1.807, 2.05) is 32.0 Å². The third kappa shape index (κ3) is 5.03. The van der Waals surface area contributed by atoms with Crippen LogP contribution >= 0.6 is 0 Å². The topological polar surface area (TPSA) is 26.3 Å². The Balaban J connectivity index is 2.31. The quantitative estimate of drug-likeness (QED) is 0.705. The molecule has 0 radical (unpaired) electrons. The van der Waals surface area contributed by atoms with Crippen LogP contribution < -0.4 is 0 Å². The molecule has 1 aromatic carbocycles. The van der Waals surface area contributed by atoms with Crippen LogP contribution in [0, 0.1) is 11.8 Å². The van der Waals surface area contributed by atoms with Gasteiger partial charge in [-0.15, -0.1) is 0 Å². The molecule has 0 bridgehead atoms. The molecule has 1 aromatic rings. The van der Waals surface area contributed by atoms with Crippen LogP contribution in [0.5, 0.6) is 0 Å².